The van der Waals surface area contributed by atoms with Gasteiger partial charge in [-0.25, -0.2) is 9.97 Å². The van der Waals surface area contributed by atoms with Crippen LogP contribution in [0.4, 0.5) is 5.69 Å². The van der Waals surface area contributed by atoms with Crippen molar-refractivity contribution >= 4 is 95.1 Å². The van der Waals surface area contributed by atoms with Crippen LogP contribution in [0.15, 0.2) is 152 Å². The number of nitro groups is 1. The maximum absolute atomic E-state index is 13.7. The van der Waals surface area contributed by atoms with Crippen LogP contribution in [-0.2, 0) is 0 Å². The van der Waals surface area contributed by atoms with E-state index in [9.17, 15) is 10.1 Å². The van der Waals surface area contributed by atoms with E-state index in [0.717, 1.165) is 116 Å². The molecule has 8 bridgehead atoms. The van der Waals surface area contributed by atoms with Crippen LogP contribution in [0.25, 0.3) is 134 Å². The Morgan fingerprint density at radius 3 is 1.23 bits per heavy atom. The molecule has 11 aromatic rings. The van der Waals surface area contributed by atoms with Crippen LogP contribution in [-0.4, -0.2) is 39.1 Å². The quantitative estimate of drug-likeness (QED) is 0.0756. The van der Waals surface area contributed by atoms with Crippen molar-refractivity contribution in [3.8, 4) is 56.0 Å². The third-order valence-corrected chi connectivity index (χ3v) is 17.1. The molecule has 2 aliphatic heterocycles. The Balaban J connectivity index is 1.31. The summed E-state index contributed by atoms with van der Waals surface area (Å²) in [6.45, 7) is 17.5. The number of benzene rings is 8. The molecule has 0 unspecified atom stereocenters. The first-order valence-corrected chi connectivity index (χ1v) is 28.8. The fourth-order valence-corrected chi connectivity index (χ4v) is 12.4. The fourth-order valence-electron chi connectivity index (χ4n) is 12.4. The molecular formula is C74H65N5O4. The minimum absolute atomic E-state index is 0.0636. The Bertz CT molecular complexity index is 4690. The van der Waals surface area contributed by atoms with Gasteiger partial charge in [0.1, 0.15) is 17.0 Å². The average molecular weight is 1090 g/mol. The van der Waals surface area contributed by atoms with Gasteiger partial charge in [-0.3, -0.25) is 10.1 Å². The number of nitrogens with zero attached hydrogens (tertiary/aromatic N) is 3. The molecule has 0 fully saturated rings. The van der Waals surface area contributed by atoms with Crippen LogP contribution < -0.4 is 9.47 Å². The molecule has 2 N–H and O–H groups in total. The van der Waals surface area contributed by atoms with E-state index in [0.29, 0.717) is 51.4 Å². The predicted molar refractivity (Wildman–Crippen MR) is 347 cm³/mol. The largest absolute Gasteiger partial charge is 0.497 e. The van der Waals surface area contributed by atoms with Gasteiger partial charge in [-0.2, -0.15) is 0 Å². The van der Waals surface area contributed by atoms with Gasteiger partial charge in [-0.05, 0) is 156 Å². The summed E-state index contributed by atoms with van der Waals surface area (Å²) < 4.78 is 12.1. The molecule has 0 radical (unpaired) electrons. The highest BCUT2D eigenvalue weighted by Crippen LogP contribution is 2.48. The minimum atomic E-state index is -0.283. The van der Waals surface area contributed by atoms with Gasteiger partial charge in [-0.1, -0.05) is 165 Å². The van der Waals surface area contributed by atoms with E-state index in [-0.39, 0.29) is 16.5 Å². The van der Waals surface area contributed by atoms with Gasteiger partial charge in [-0.15, -0.1) is 0 Å². The zero-order chi connectivity index (χ0) is 57.5. The predicted octanol–water partition coefficient (Wildman–Crippen LogP) is 20.4. The standard InChI is InChI=1S/C74H65N5O4/c1-40(2)44-14-22-48(23-15-44)67-60-32-33-61(75-60)68(49-24-16-45(17-25-49)41(3)4)72-58-37-56-53-12-11-13-66(83-10)71(53)54-31-30-52(82-9)36-55(54)57(56)38-59(58)73(78-72)69(50-26-18-46(19-27-50)42(5)6)62-34-35-63(76-62)70(51-28-20-47(21-29-51)43(7)8)74-65(79(80)81)39-64(67)77-74/h11-43,77-78H,1-10H3. The van der Waals surface area contributed by atoms with Crippen LogP contribution in [0.2, 0.25) is 0 Å². The zero-order valence-electron chi connectivity index (χ0n) is 48.5. The normalized spacial score (nSPS) is 12.4. The second-order valence-corrected chi connectivity index (χ2v) is 23.4. The summed E-state index contributed by atoms with van der Waals surface area (Å²) in [4.78, 5) is 32.7. The van der Waals surface area contributed by atoms with Crippen molar-refractivity contribution in [2.24, 2.45) is 0 Å². The number of rotatable bonds is 11. The van der Waals surface area contributed by atoms with Crippen molar-refractivity contribution in [3.05, 3.63) is 207 Å². The van der Waals surface area contributed by atoms with Crippen molar-refractivity contribution in [3.63, 3.8) is 0 Å². The molecule has 9 heteroatoms. The van der Waals surface area contributed by atoms with Crippen LogP contribution >= 0.6 is 0 Å². The number of aromatic amines is 2. The maximum Gasteiger partial charge on any atom is 0.295 e. The number of aromatic nitrogens is 4. The topological polar surface area (TPSA) is 119 Å². The lowest BCUT2D eigenvalue weighted by Gasteiger charge is -2.15. The summed E-state index contributed by atoms with van der Waals surface area (Å²) in [7, 11) is 3.44. The second-order valence-electron chi connectivity index (χ2n) is 23.4. The van der Waals surface area contributed by atoms with Crippen LogP contribution in [0.5, 0.6) is 11.5 Å². The lowest BCUT2D eigenvalue weighted by Crippen LogP contribution is -1.93. The van der Waals surface area contributed by atoms with Gasteiger partial charge >= 0.3 is 0 Å². The van der Waals surface area contributed by atoms with Crippen LogP contribution in [0.1, 0.15) is 124 Å². The molecule has 0 spiro atoms. The number of nitrogens with one attached hydrogen (secondary N) is 2. The van der Waals surface area contributed by atoms with E-state index >= 15 is 0 Å². The van der Waals surface area contributed by atoms with E-state index in [1.54, 1.807) is 20.3 Å². The first-order valence-electron chi connectivity index (χ1n) is 28.8. The van der Waals surface area contributed by atoms with Gasteiger partial charge in [0.2, 0.25) is 0 Å². The smallest absolute Gasteiger partial charge is 0.295 e. The molecule has 8 aromatic carbocycles. The Morgan fingerprint density at radius 2 is 0.807 bits per heavy atom. The Kier molecular flexibility index (Phi) is 13.2. The number of hydrogen-bond donors (Lipinski definition) is 2. The van der Waals surface area contributed by atoms with Gasteiger partial charge in [0.25, 0.3) is 5.69 Å². The molecule has 0 saturated carbocycles. The Labute approximate surface area is 483 Å². The number of H-pyrrole nitrogens is 2. The third-order valence-electron chi connectivity index (χ3n) is 17.1. The van der Waals surface area contributed by atoms with Gasteiger partial charge in [0.15, 0.2) is 0 Å². The first kappa shape index (κ1) is 52.8. The molecule has 0 saturated heterocycles. The second kappa shape index (κ2) is 20.7. The molecule has 9 nitrogen and oxygen atoms in total. The molecule has 0 amide bonds. The van der Waals surface area contributed by atoms with Crippen molar-refractivity contribution in [2.75, 3.05) is 14.2 Å². The molecule has 2 aliphatic rings. The molecule has 3 aromatic heterocycles. The molecule has 83 heavy (non-hydrogen) atoms. The molecule has 0 atom stereocenters. The van der Waals surface area contributed by atoms with Crippen molar-refractivity contribution in [1.29, 1.82) is 0 Å². The monoisotopic (exact) mass is 1090 g/mol. The first-order chi connectivity index (χ1) is 40.2. The number of hydrogen-bond acceptors (Lipinski definition) is 6. The zero-order valence-corrected chi connectivity index (χ0v) is 48.5. The average Bonchev–Trinajstić information content (AvgIpc) is 2.36. The van der Waals surface area contributed by atoms with Crippen LogP contribution in [0.3, 0.4) is 0 Å². The summed E-state index contributed by atoms with van der Waals surface area (Å²) >= 11 is 0. The summed E-state index contributed by atoms with van der Waals surface area (Å²) in [6, 6.07) is 53.5. The molecule has 13 rings (SSSR count). The summed E-state index contributed by atoms with van der Waals surface area (Å²) in [5, 5.41) is 21.9. The molecule has 410 valence electrons. The lowest BCUT2D eigenvalue weighted by molar-refractivity contribution is -0.382. The van der Waals surface area contributed by atoms with Crippen molar-refractivity contribution < 1.29 is 14.4 Å². The van der Waals surface area contributed by atoms with Crippen molar-refractivity contribution in [2.45, 2.75) is 79.1 Å². The van der Waals surface area contributed by atoms with E-state index in [1.165, 1.54) is 16.7 Å². The van der Waals surface area contributed by atoms with E-state index in [4.69, 9.17) is 19.4 Å². The highest BCUT2D eigenvalue weighted by Gasteiger charge is 2.27. The highest BCUT2D eigenvalue weighted by atomic mass is 16.6. The van der Waals surface area contributed by atoms with Gasteiger partial charge in [0, 0.05) is 44.5 Å². The Hall–Kier alpha value is -9.60. The fraction of sp³-hybridized carbons (Fsp3) is 0.189. The summed E-state index contributed by atoms with van der Waals surface area (Å²) in [6.07, 6.45) is 8.24. The van der Waals surface area contributed by atoms with Crippen molar-refractivity contribution in [1.82, 2.24) is 19.9 Å². The van der Waals surface area contributed by atoms with E-state index in [1.807, 2.05) is 18.2 Å². The van der Waals surface area contributed by atoms with Crippen LogP contribution in [0, 0.1) is 10.1 Å². The Morgan fingerprint density at radius 1 is 0.410 bits per heavy atom. The molecule has 0 aliphatic carbocycles. The van der Waals surface area contributed by atoms with E-state index in [2.05, 4.69) is 217 Å². The van der Waals surface area contributed by atoms with Gasteiger partial charge < -0.3 is 19.4 Å². The third kappa shape index (κ3) is 9.02. The molecular weight excluding hydrogens is 1020 g/mol. The number of ether oxygens (including phenoxy) is 2. The summed E-state index contributed by atoms with van der Waals surface area (Å²) in [5.41, 5.74) is 16.8. The number of fused-ring (bicyclic) bond motifs is 17. The lowest BCUT2D eigenvalue weighted by atomic mass is 9.91. The summed E-state index contributed by atoms with van der Waals surface area (Å²) in [5.74, 6) is 2.72. The minimum Gasteiger partial charge on any atom is -0.497 e. The SMILES string of the molecule is COc1ccc2c(c1)c1cc3c4[nH]c(c(-c5ccc(C(C)C)cc5)c5nc(c(-c6ccc(C(C)C)cc6)c6cc([N+](=O)[O-])c([nH]6)c(-c6ccc(C(C)C)cc6)c6nc(c4-c4ccc(C(C)C)cc4)C=C6)C=C5)c3cc1c1cccc(OC)c21. The highest BCUT2D eigenvalue weighted by molar-refractivity contribution is 6.31. The van der Waals surface area contributed by atoms with Gasteiger partial charge in [0.05, 0.1) is 58.5 Å². The maximum atomic E-state index is 13.7. The number of methoxy groups -OCH3 is 2. The van der Waals surface area contributed by atoms with E-state index < -0.39 is 0 Å². The molecule has 5 heterocycles.